The van der Waals surface area contributed by atoms with Gasteiger partial charge in [0.1, 0.15) is 17.2 Å². The number of carbonyl (C=O) groups is 3. The highest BCUT2D eigenvalue weighted by molar-refractivity contribution is 5.95. The lowest BCUT2D eigenvalue weighted by Gasteiger charge is -2.36. The van der Waals surface area contributed by atoms with Gasteiger partial charge in [-0.2, -0.15) is 0 Å². The zero-order valence-corrected chi connectivity index (χ0v) is 19.0. The molecule has 0 aliphatic carbocycles. The van der Waals surface area contributed by atoms with Crippen molar-refractivity contribution in [2.24, 2.45) is 0 Å². The summed E-state index contributed by atoms with van der Waals surface area (Å²) in [4.78, 5) is 41.0. The van der Waals surface area contributed by atoms with Gasteiger partial charge in [-0.15, -0.1) is 0 Å². The Morgan fingerprint density at radius 1 is 1.00 bits per heavy atom. The Labute approximate surface area is 195 Å². The Bertz CT molecular complexity index is 1160. The average Bonchev–Trinajstić information content (AvgIpc) is 3.08. The molecule has 0 aromatic heterocycles. The molecule has 2 saturated heterocycles. The molecule has 180 valence electrons. The fraction of sp³-hybridized carbons (Fsp3) is 0.375. The molecular formula is C24H25F2N3O5. The van der Waals surface area contributed by atoms with Crippen molar-refractivity contribution < 1.29 is 33.0 Å². The van der Waals surface area contributed by atoms with Crippen molar-refractivity contribution in [3.05, 3.63) is 53.6 Å². The number of nitrogens with zero attached hydrogens (tertiary/aromatic N) is 3. The summed E-state index contributed by atoms with van der Waals surface area (Å²) in [6.07, 6.45) is -0.440. The van der Waals surface area contributed by atoms with Gasteiger partial charge in [-0.1, -0.05) is 6.07 Å². The largest absolute Gasteiger partial charge is 0.478 e. The summed E-state index contributed by atoms with van der Waals surface area (Å²) in [6, 6.07) is 6.73. The van der Waals surface area contributed by atoms with Crippen LogP contribution < -0.4 is 4.90 Å². The van der Waals surface area contributed by atoms with Gasteiger partial charge in [-0.05, 0) is 51.1 Å². The van der Waals surface area contributed by atoms with Crippen LogP contribution in [0.1, 0.15) is 31.1 Å². The third-order valence-electron chi connectivity index (χ3n) is 5.77. The summed E-state index contributed by atoms with van der Waals surface area (Å²) < 4.78 is 34.8. The van der Waals surface area contributed by atoms with E-state index < -0.39 is 29.3 Å². The van der Waals surface area contributed by atoms with Gasteiger partial charge in [-0.25, -0.2) is 23.2 Å². The molecule has 0 saturated carbocycles. The zero-order valence-electron chi connectivity index (χ0n) is 19.0. The van der Waals surface area contributed by atoms with E-state index in [2.05, 4.69) is 0 Å². The van der Waals surface area contributed by atoms with Crippen molar-refractivity contribution in [3.8, 4) is 11.1 Å². The Morgan fingerprint density at radius 2 is 1.65 bits per heavy atom. The van der Waals surface area contributed by atoms with E-state index in [0.717, 1.165) is 12.1 Å². The number of hydrogen-bond donors (Lipinski definition) is 1. The second-order valence-electron chi connectivity index (χ2n) is 9.33. The summed E-state index contributed by atoms with van der Waals surface area (Å²) in [5, 5.41) is 8.98. The van der Waals surface area contributed by atoms with Crippen molar-refractivity contribution in [2.75, 3.05) is 31.1 Å². The molecule has 8 nitrogen and oxygen atoms in total. The number of hydrogen-bond acceptors (Lipinski definition) is 4. The van der Waals surface area contributed by atoms with E-state index in [1.54, 1.807) is 30.6 Å². The molecule has 2 aliphatic rings. The summed E-state index contributed by atoms with van der Waals surface area (Å²) in [6.45, 7) is 6.59. The molecule has 2 heterocycles. The van der Waals surface area contributed by atoms with Crippen LogP contribution >= 0.6 is 0 Å². The van der Waals surface area contributed by atoms with Crippen LogP contribution in [0.25, 0.3) is 11.1 Å². The molecule has 2 fully saturated rings. The van der Waals surface area contributed by atoms with Crippen molar-refractivity contribution in [2.45, 2.75) is 32.4 Å². The maximum Gasteiger partial charge on any atom is 0.410 e. The summed E-state index contributed by atoms with van der Waals surface area (Å²) in [5.74, 6) is -2.88. The standard InChI is InChI=1S/C24H25F2N3O5/c1-24(2,3)34-23(33)27-8-9-28-16(12-27)13-29(22(28)32)15-5-7-18(20(26)11-15)17-6-4-14(21(30)31)10-19(17)25/h4-7,10-11,16H,8-9,12-13H2,1-3H3,(H,30,31)/t16-/m0/s1. The smallest absolute Gasteiger partial charge is 0.410 e. The number of carboxylic acid groups (broad SMARTS) is 1. The van der Waals surface area contributed by atoms with E-state index >= 15 is 0 Å². The number of benzene rings is 2. The van der Waals surface area contributed by atoms with E-state index in [9.17, 15) is 23.2 Å². The number of rotatable bonds is 3. The SMILES string of the molecule is CC(C)(C)OC(=O)N1CCN2C(=O)N(c3ccc(-c4ccc(C(=O)O)cc4F)c(F)c3)C[C@@H]2C1. The Kier molecular flexibility index (Phi) is 5.93. The number of aromatic carboxylic acids is 1. The van der Waals surface area contributed by atoms with Crippen LogP contribution in [-0.4, -0.2) is 70.8 Å². The fourth-order valence-corrected chi connectivity index (χ4v) is 4.17. The molecule has 2 aromatic carbocycles. The maximum absolute atomic E-state index is 14.9. The van der Waals surface area contributed by atoms with Gasteiger partial charge in [0.25, 0.3) is 0 Å². The normalized spacial score (nSPS) is 18.2. The van der Waals surface area contributed by atoms with E-state index in [-0.39, 0.29) is 35.3 Å². The van der Waals surface area contributed by atoms with Crippen molar-refractivity contribution >= 4 is 23.8 Å². The number of urea groups is 1. The minimum atomic E-state index is -1.28. The van der Waals surface area contributed by atoms with Gasteiger partial charge in [0, 0.05) is 43.0 Å². The minimum absolute atomic E-state index is 0.0429. The molecule has 1 atom stereocenters. The summed E-state index contributed by atoms with van der Waals surface area (Å²) >= 11 is 0. The Balaban J connectivity index is 1.52. The van der Waals surface area contributed by atoms with Crippen LogP contribution in [0.15, 0.2) is 36.4 Å². The first-order valence-corrected chi connectivity index (χ1v) is 10.8. The third-order valence-corrected chi connectivity index (χ3v) is 5.77. The van der Waals surface area contributed by atoms with Crippen LogP contribution in [-0.2, 0) is 4.74 Å². The molecule has 3 amide bonds. The highest BCUT2D eigenvalue weighted by Gasteiger charge is 2.43. The second kappa shape index (κ2) is 8.58. The third kappa shape index (κ3) is 4.52. The number of fused-ring (bicyclic) bond motifs is 1. The van der Waals surface area contributed by atoms with E-state index in [0.29, 0.717) is 25.3 Å². The summed E-state index contributed by atoms with van der Waals surface area (Å²) in [5.41, 5.74) is -0.672. The molecule has 10 heteroatoms. The number of piperazine rings is 1. The van der Waals surface area contributed by atoms with Gasteiger partial charge >= 0.3 is 18.1 Å². The van der Waals surface area contributed by atoms with Crippen LogP contribution in [0.2, 0.25) is 0 Å². The van der Waals surface area contributed by atoms with Gasteiger partial charge in [0.05, 0.1) is 11.6 Å². The fourth-order valence-electron chi connectivity index (χ4n) is 4.17. The number of carbonyl (C=O) groups excluding carboxylic acids is 2. The molecule has 0 bridgehead atoms. The lowest BCUT2D eigenvalue weighted by Crippen LogP contribution is -2.54. The number of halogens is 2. The second-order valence-corrected chi connectivity index (χ2v) is 9.33. The first kappa shape index (κ1) is 23.5. The monoisotopic (exact) mass is 473 g/mol. The average molecular weight is 473 g/mol. The predicted molar refractivity (Wildman–Crippen MR) is 120 cm³/mol. The number of carboxylic acids is 1. The van der Waals surface area contributed by atoms with Gasteiger partial charge in [-0.3, -0.25) is 4.90 Å². The van der Waals surface area contributed by atoms with Crippen LogP contribution in [0.4, 0.5) is 24.1 Å². The quantitative estimate of drug-likeness (QED) is 0.722. The Hall–Kier alpha value is -3.69. The maximum atomic E-state index is 14.9. The number of ether oxygens (including phenoxy) is 1. The van der Waals surface area contributed by atoms with Gasteiger partial charge < -0.3 is 19.6 Å². The molecule has 1 N–H and O–H groups in total. The molecule has 4 rings (SSSR count). The van der Waals surface area contributed by atoms with Crippen LogP contribution in [0, 0.1) is 11.6 Å². The van der Waals surface area contributed by atoms with E-state index in [1.807, 2.05) is 0 Å². The van der Waals surface area contributed by atoms with Crippen LogP contribution in [0.5, 0.6) is 0 Å². The topological polar surface area (TPSA) is 90.4 Å². The molecule has 0 unspecified atom stereocenters. The highest BCUT2D eigenvalue weighted by atomic mass is 19.1. The van der Waals surface area contributed by atoms with Gasteiger partial charge in [0.15, 0.2) is 0 Å². The van der Waals surface area contributed by atoms with E-state index in [1.165, 1.54) is 29.2 Å². The van der Waals surface area contributed by atoms with Crippen molar-refractivity contribution in [1.29, 1.82) is 0 Å². The molecule has 2 aliphatic heterocycles. The van der Waals surface area contributed by atoms with Gasteiger partial charge in [0.2, 0.25) is 0 Å². The molecule has 0 spiro atoms. The predicted octanol–water partition coefficient (Wildman–Crippen LogP) is 4.19. The lowest BCUT2D eigenvalue weighted by atomic mass is 10.0. The first-order valence-electron chi connectivity index (χ1n) is 10.8. The minimum Gasteiger partial charge on any atom is -0.478 e. The summed E-state index contributed by atoms with van der Waals surface area (Å²) in [7, 11) is 0. The van der Waals surface area contributed by atoms with Crippen molar-refractivity contribution in [1.82, 2.24) is 9.80 Å². The molecular weight excluding hydrogens is 448 g/mol. The molecule has 2 aromatic rings. The molecule has 34 heavy (non-hydrogen) atoms. The highest BCUT2D eigenvalue weighted by Crippen LogP contribution is 2.32. The van der Waals surface area contributed by atoms with E-state index in [4.69, 9.17) is 9.84 Å². The number of anilines is 1. The van der Waals surface area contributed by atoms with Crippen LogP contribution in [0.3, 0.4) is 0 Å². The number of amides is 3. The first-order chi connectivity index (χ1) is 15.9. The van der Waals surface area contributed by atoms with Crippen molar-refractivity contribution in [3.63, 3.8) is 0 Å². The molecule has 0 radical (unpaired) electrons. The Morgan fingerprint density at radius 3 is 2.24 bits per heavy atom. The zero-order chi connectivity index (χ0) is 24.8. The lowest BCUT2D eigenvalue weighted by molar-refractivity contribution is 0.0128.